The summed E-state index contributed by atoms with van der Waals surface area (Å²) in [6.45, 7) is 4.19. The zero-order valence-corrected chi connectivity index (χ0v) is 19.2. The van der Waals surface area contributed by atoms with Gasteiger partial charge in [-0.05, 0) is 55.8 Å². The minimum atomic E-state index is 0.873. The molecule has 0 amide bonds. The summed E-state index contributed by atoms with van der Waals surface area (Å²) in [7, 11) is 0. The Morgan fingerprint density at radius 1 is 0.735 bits per heavy atom. The van der Waals surface area contributed by atoms with Crippen molar-refractivity contribution in [3.8, 4) is 23.8 Å². The molecular formula is C31H23N3. The van der Waals surface area contributed by atoms with Crippen molar-refractivity contribution in [3.63, 3.8) is 0 Å². The molecule has 3 heteroatoms. The van der Waals surface area contributed by atoms with E-state index >= 15 is 0 Å². The van der Waals surface area contributed by atoms with Gasteiger partial charge in [0, 0.05) is 27.9 Å². The van der Waals surface area contributed by atoms with Gasteiger partial charge in [-0.3, -0.25) is 4.57 Å². The van der Waals surface area contributed by atoms with E-state index in [-0.39, 0.29) is 0 Å². The number of benzene rings is 3. The van der Waals surface area contributed by atoms with Gasteiger partial charge >= 0.3 is 0 Å². The number of hydrogen-bond acceptors (Lipinski definition) is 1. The predicted molar refractivity (Wildman–Crippen MR) is 143 cm³/mol. The highest BCUT2D eigenvalue weighted by atomic mass is 15.1. The van der Waals surface area contributed by atoms with Crippen LogP contribution in [0.25, 0.3) is 50.3 Å². The summed E-state index contributed by atoms with van der Waals surface area (Å²) in [6, 6.07) is 29.9. The summed E-state index contributed by atoms with van der Waals surface area (Å²) in [5.41, 5.74) is 7.75. The fourth-order valence-electron chi connectivity index (χ4n) is 5.07. The molecule has 3 nitrogen and oxygen atoms in total. The first kappa shape index (κ1) is 20.1. The molecule has 0 aliphatic carbocycles. The number of terminal acetylenes is 1. The molecule has 0 saturated heterocycles. The van der Waals surface area contributed by atoms with Crippen molar-refractivity contribution in [2.75, 3.05) is 0 Å². The van der Waals surface area contributed by atoms with Crippen LogP contribution < -0.4 is 0 Å². The van der Waals surface area contributed by atoms with Crippen molar-refractivity contribution in [1.82, 2.24) is 14.1 Å². The predicted octanol–water partition coefficient (Wildman–Crippen LogP) is 7.39. The molecule has 0 spiro atoms. The van der Waals surface area contributed by atoms with Crippen molar-refractivity contribution in [2.24, 2.45) is 0 Å². The van der Waals surface area contributed by atoms with Gasteiger partial charge in [0.05, 0.1) is 27.9 Å². The van der Waals surface area contributed by atoms with Crippen molar-refractivity contribution in [2.45, 2.75) is 13.8 Å². The lowest BCUT2D eigenvalue weighted by Crippen LogP contribution is -2.04. The highest BCUT2D eigenvalue weighted by molar-refractivity contribution is 6.09. The zero-order valence-electron chi connectivity index (χ0n) is 19.2. The summed E-state index contributed by atoms with van der Waals surface area (Å²) in [4.78, 5) is 4.97. The standard InChI is InChI=1S/C31H23N3/c1-4-5-15-27-22(3)24-12-6-9-16-28(24)34(27)31-20-23(19-21(2)32-31)33-29-17-10-7-13-25(29)26-14-8-11-18-30(26)33/h1,5-20H,2-3H3/b15-5-. The highest BCUT2D eigenvalue weighted by Gasteiger charge is 2.17. The number of fused-ring (bicyclic) bond motifs is 4. The van der Waals surface area contributed by atoms with E-state index in [9.17, 15) is 0 Å². The van der Waals surface area contributed by atoms with Gasteiger partial charge in [-0.25, -0.2) is 4.98 Å². The van der Waals surface area contributed by atoms with E-state index in [0.29, 0.717) is 0 Å². The molecule has 3 aromatic heterocycles. The molecule has 3 heterocycles. The number of rotatable bonds is 3. The fraction of sp³-hybridized carbons (Fsp3) is 0.0645. The first-order chi connectivity index (χ1) is 16.7. The van der Waals surface area contributed by atoms with E-state index in [1.165, 1.54) is 32.8 Å². The molecule has 6 aromatic rings. The van der Waals surface area contributed by atoms with Crippen LogP contribution in [-0.2, 0) is 0 Å². The number of nitrogens with zero attached hydrogens (tertiary/aromatic N) is 3. The Bertz CT molecular complexity index is 1730. The third-order valence-electron chi connectivity index (χ3n) is 6.50. The Morgan fingerprint density at radius 2 is 1.29 bits per heavy atom. The number of aryl methyl sites for hydroxylation is 2. The number of para-hydroxylation sites is 3. The van der Waals surface area contributed by atoms with Crippen LogP contribution in [0, 0.1) is 26.2 Å². The van der Waals surface area contributed by atoms with Crippen LogP contribution in [0.4, 0.5) is 0 Å². The van der Waals surface area contributed by atoms with Crippen LogP contribution in [0.1, 0.15) is 17.0 Å². The maximum Gasteiger partial charge on any atom is 0.139 e. The third-order valence-corrected chi connectivity index (χ3v) is 6.50. The molecule has 3 aromatic carbocycles. The Labute approximate surface area is 198 Å². The molecule has 0 aliphatic heterocycles. The van der Waals surface area contributed by atoms with E-state index in [2.05, 4.69) is 114 Å². The van der Waals surface area contributed by atoms with Crippen LogP contribution in [-0.4, -0.2) is 14.1 Å². The molecule has 6 rings (SSSR count). The molecule has 0 atom stereocenters. The van der Waals surface area contributed by atoms with Crippen LogP contribution in [0.2, 0.25) is 0 Å². The van der Waals surface area contributed by atoms with E-state index in [4.69, 9.17) is 11.4 Å². The van der Waals surface area contributed by atoms with Gasteiger partial charge in [0.2, 0.25) is 0 Å². The van der Waals surface area contributed by atoms with Gasteiger partial charge < -0.3 is 4.57 Å². The largest absolute Gasteiger partial charge is 0.309 e. The maximum absolute atomic E-state index is 5.56. The molecule has 0 bridgehead atoms. The molecule has 0 fully saturated rings. The minimum absolute atomic E-state index is 0.873. The lowest BCUT2D eigenvalue weighted by atomic mass is 10.1. The molecule has 162 valence electrons. The zero-order chi connectivity index (χ0) is 23.2. The summed E-state index contributed by atoms with van der Waals surface area (Å²) in [5, 5.41) is 3.68. The first-order valence-electron chi connectivity index (χ1n) is 11.4. The van der Waals surface area contributed by atoms with Crippen LogP contribution >= 0.6 is 0 Å². The van der Waals surface area contributed by atoms with Gasteiger partial charge in [-0.1, -0.05) is 60.5 Å². The summed E-state index contributed by atoms with van der Waals surface area (Å²) >= 11 is 0. The van der Waals surface area contributed by atoms with E-state index in [1.807, 2.05) is 6.08 Å². The van der Waals surface area contributed by atoms with E-state index in [0.717, 1.165) is 28.4 Å². The fourth-order valence-corrected chi connectivity index (χ4v) is 5.07. The second-order valence-corrected chi connectivity index (χ2v) is 8.56. The van der Waals surface area contributed by atoms with Crippen molar-refractivity contribution in [3.05, 3.63) is 108 Å². The Hall–Kier alpha value is -4.55. The third kappa shape index (κ3) is 2.97. The van der Waals surface area contributed by atoms with Gasteiger partial charge in [-0.15, -0.1) is 6.42 Å². The van der Waals surface area contributed by atoms with Gasteiger partial charge in [0.15, 0.2) is 0 Å². The molecule has 0 saturated carbocycles. The van der Waals surface area contributed by atoms with Crippen molar-refractivity contribution >= 4 is 38.8 Å². The van der Waals surface area contributed by atoms with Gasteiger partial charge in [0.1, 0.15) is 5.82 Å². The number of hydrogen-bond donors (Lipinski definition) is 0. The van der Waals surface area contributed by atoms with E-state index < -0.39 is 0 Å². The molecule has 34 heavy (non-hydrogen) atoms. The first-order valence-corrected chi connectivity index (χ1v) is 11.4. The molecule has 0 radical (unpaired) electrons. The molecule has 0 N–H and O–H groups in total. The van der Waals surface area contributed by atoms with Gasteiger partial charge in [0.25, 0.3) is 0 Å². The second-order valence-electron chi connectivity index (χ2n) is 8.56. The Balaban J connectivity index is 1.69. The quantitative estimate of drug-likeness (QED) is 0.265. The lowest BCUT2D eigenvalue weighted by molar-refractivity contribution is 0.989. The monoisotopic (exact) mass is 437 g/mol. The molecule has 0 unspecified atom stereocenters. The lowest BCUT2D eigenvalue weighted by Gasteiger charge is -2.14. The number of allylic oxidation sites excluding steroid dienone is 1. The van der Waals surface area contributed by atoms with Crippen molar-refractivity contribution < 1.29 is 0 Å². The van der Waals surface area contributed by atoms with Crippen molar-refractivity contribution in [1.29, 1.82) is 0 Å². The van der Waals surface area contributed by atoms with E-state index in [1.54, 1.807) is 6.08 Å². The Morgan fingerprint density at radius 3 is 1.91 bits per heavy atom. The van der Waals surface area contributed by atoms with Gasteiger partial charge in [-0.2, -0.15) is 0 Å². The average molecular weight is 438 g/mol. The highest BCUT2D eigenvalue weighted by Crippen LogP contribution is 2.34. The smallest absolute Gasteiger partial charge is 0.139 e. The van der Waals surface area contributed by atoms with Crippen LogP contribution in [0.5, 0.6) is 0 Å². The minimum Gasteiger partial charge on any atom is -0.309 e. The normalized spacial score (nSPS) is 11.7. The SMILES string of the molecule is C#C/C=C\c1c(C)c2ccccc2n1-c1cc(-n2c3ccccc3c3ccccc32)cc(C)n1. The summed E-state index contributed by atoms with van der Waals surface area (Å²) in [6.07, 6.45) is 9.31. The Kier molecular flexibility index (Phi) is 4.60. The average Bonchev–Trinajstić information content (AvgIpc) is 3.34. The molecular weight excluding hydrogens is 414 g/mol. The second kappa shape index (κ2) is 7.79. The number of pyridine rings is 1. The topological polar surface area (TPSA) is 22.8 Å². The number of aromatic nitrogens is 3. The summed E-state index contributed by atoms with van der Waals surface area (Å²) in [5.74, 6) is 3.51. The van der Waals surface area contributed by atoms with Crippen LogP contribution in [0.15, 0.2) is 91.0 Å². The van der Waals surface area contributed by atoms with Crippen LogP contribution in [0.3, 0.4) is 0 Å². The molecule has 0 aliphatic rings. The summed E-state index contributed by atoms with van der Waals surface area (Å²) < 4.78 is 4.54. The maximum atomic E-state index is 5.56.